The highest BCUT2D eigenvalue weighted by atomic mass is 16.5. The maximum absolute atomic E-state index is 11.9. The number of carbonyl (C=O) groups is 2. The number of amides is 1. The number of hydrogen-bond donors (Lipinski definition) is 2. The molecule has 1 unspecified atom stereocenters. The lowest BCUT2D eigenvalue weighted by Gasteiger charge is -2.14. The number of aliphatic carboxylic acids is 1. The van der Waals surface area contributed by atoms with E-state index in [0.717, 1.165) is 0 Å². The van der Waals surface area contributed by atoms with E-state index in [-0.39, 0.29) is 18.4 Å². The molecule has 0 bridgehead atoms. The third kappa shape index (κ3) is 2.66. The van der Waals surface area contributed by atoms with Crippen LogP contribution in [-0.4, -0.2) is 27.1 Å². The summed E-state index contributed by atoms with van der Waals surface area (Å²) >= 11 is 0. The van der Waals surface area contributed by atoms with Gasteiger partial charge in [-0.1, -0.05) is 12.1 Å². The summed E-state index contributed by atoms with van der Waals surface area (Å²) in [6.45, 7) is 2.12. The molecule has 1 heterocycles. The van der Waals surface area contributed by atoms with Gasteiger partial charge < -0.3 is 14.9 Å². The Balaban J connectivity index is 1.93. The van der Waals surface area contributed by atoms with E-state index in [1.54, 1.807) is 0 Å². The average Bonchev–Trinajstić information content (AvgIpc) is 2.94. The number of hydrogen-bond acceptors (Lipinski definition) is 5. The minimum Gasteiger partial charge on any atom is -0.481 e. The van der Waals surface area contributed by atoms with E-state index in [1.165, 1.54) is 6.39 Å². The van der Waals surface area contributed by atoms with E-state index in [4.69, 9.17) is 5.11 Å². The number of carboxylic acid groups (broad SMARTS) is 1. The van der Waals surface area contributed by atoms with Gasteiger partial charge >= 0.3 is 5.97 Å². The number of carbonyl (C=O) groups excluding carboxylic acids is 1. The van der Waals surface area contributed by atoms with E-state index in [9.17, 15) is 9.59 Å². The maximum atomic E-state index is 11.9. The molecule has 0 aromatic carbocycles. The molecule has 2 rings (SSSR count). The Kier molecular flexibility index (Phi) is 3.59. The molecule has 0 aliphatic heterocycles. The monoisotopic (exact) mass is 253 g/mol. The van der Waals surface area contributed by atoms with Crippen molar-refractivity contribution in [2.75, 3.05) is 0 Å². The molecular weight excluding hydrogens is 238 g/mol. The van der Waals surface area contributed by atoms with Crippen LogP contribution in [0.15, 0.2) is 10.9 Å². The molecule has 2 N–H and O–H groups in total. The predicted molar refractivity (Wildman–Crippen MR) is 59.2 cm³/mol. The molecule has 0 saturated heterocycles. The van der Waals surface area contributed by atoms with E-state index in [0.29, 0.717) is 18.7 Å². The van der Waals surface area contributed by atoms with Crippen LogP contribution in [0.1, 0.15) is 25.6 Å². The number of carboxylic acids is 1. The molecule has 1 fully saturated rings. The third-order valence-electron chi connectivity index (χ3n) is 3.28. The smallest absolute Gasteiger partial charge is 0.307 e. The summed E-state index contributed by atoms with van der Waals surface area (Å²) in [5.74, 6) is -1.58. The molecule has 1 amide bonds. The zero-order valence-corrected chi connectivity index (χ0v) is 10.00. The number of rotatable bonds is 4. The first kappa shape index (κ1) is 12.5. The van der Waals surface area contributed by atoms with E-state index in [1.807, 2.05) is 6.92 Å². The SMILES string of the molecule is CC1C[C@H](C(=O)NCc2ncon2)[C@H](C(=O)O)C1. The standard InChI is InChI=1S/C11H15N3O4/c1-6-2-7(8(3-6)11(16)17)10(15)12-4-9-13-5-18-14-9/h5-8H,2-4H2,1H3,(H,12,15)(H,16,17)/t6?,7-,8+/m0/s1. The van der Waals surface area contributed by atoms with Crippen molar-refractivity contribution in [1.82, 2.24) is 15.5 Å². The average molecular weight is 253 g/mol. The molecule has 3 atom stereocenters. The molecule has 1 aliphatic rings. The van der Waals surface area contributed by atoms with E-state index in [2.05, 4.69) is 20.0 Å². The van der Waals surface area contributed by atoms with Crippen LogP contribution in [0.4, 0.5) is 0 Å². The van der Waals surface area contributed by atoms with Gasteiger partial charge in [-0.05, 0) is 18.8 Å². The van der Waals surface area contributed by atoms with Gasteiger partial charge in [0.25, 0.3) is 0 Å². The van der Waals surface area contributed by atoms with E-state index >= 15 is 0 Å². The Hall–Kier alpha value is -1.92. The molecular formula is C11H15N3O4. The van der Waals surface area contributed by atoms with Crippen molar-refractivity contribution in [1.29, 1.82) is 0 Å². The van der Waals surface area contributed by atoms with Gasteiger partial charge in [-0.15, -0.1) is 0 Å². The van der Waals surface area contributed by atoms with Gasteiger partial charge in [0.2, 0.25) is 12.3 Å². The Bertz CT molecular complexity index is 432. The van der Waals surface area contributed by atoms with Crippen molar-refractivity contribution in [2.45, 2.75) is 26.3 Å². The minimum atomic E-state index is -0.904. The zero-order valence-electron chi connectivity index (χ0n) is 10.00. The van der Waals surface area contributed by atoms with Gasteiger partial charge in [-0.2, -0.15) is 4.98 Å². The zero-order chi connectivity index (χ0) is 13.1. The van der Waals surface area contributed by atoms with E-state index < -0.39 is 17.8 Å². The summed E-state index contributed by atoms with van der Waals surface area (Å²) in [4.78, 5) is 26.8. The molecule has 1 aromatic heterocycles. The van der Waals surface area contributed by atoms with Gasteiger partial charge in [0.15, 0.2) is 5.82 Å². The topological polar surface area (TPSA) is 105 Å². The molecule has 7 heteroatoms. The van der Waals surface area contributed by atoms with Gasteiger partial charge in [-0.25, -0.2) is 0 Å². The molecule has 0 spiro atoms. The summed E-state index contributed by atoms with van der Waals surface area (Å²) < 4.78 is 4.54. The Morgan fingerprint density at radius 1 is 1.50 bits per heavy atom. The van der Waals surface area contributed by atoms with Crippen LogP contribution in [-0.2, 0) is 16.1 Å². The van der Waals surface area contributed by atoms with Crippen LogP contribution in [0.25, 0.3) is 0 Å². The van der Waals surface area contributed by atoms with Crippen LogP contribution < -0.4 is 5.32 Å². The highest BCUT2D eigenvalue weighted by Gasteiger charge is 2.41. The second kappa shape index (κ2) is 5.16. The van der Waals surface area contributed by atoms with Crippen molar-refractivity contribution < 1.29 is 19.2 Å². The fourth-order valence-corrected chi connectivity index (χ4v) is 2.42. The van der Waals surface area contributed by atoms with Gasteiger partial charge in [0.1, 0.15) is 0 Å². The highest BCUT2D eigenvalue weighted by molar-refractivity contribution is 5.85. The Morgan fingerprint density at radius 2 is 2.22 bits per heavy atom. The van der Waals surface area contributed by atoms with Crippen LogP contribution >= 0.6 is 0 Å². The molecule has 18 heavy (non-hydrogen) atoms. The number of nitrogens with zero attached hydrogens (tertiary/aromatic N) is 2. The van der Waals surface area contributed by atoms with Crippen molar-refractivity contribution >= 4 is 11.9 Å². The van der Waals surface area contributed by atoms with Crippen molar-refractivity contribution in [3.63, 3.8) is 0 Å². The second-order valence-electron chi connectivity index (χ2n) is 4.69. The fraction of sp³-hybridized carbons (Fsp3) is 0.636. The quantitative estimate of drug-likeness (QED) is 0.806. The first-order valence-corrected chi connectivity index (χ1v) is 5.83. The van der Waals surface area contributed by atoms with Gasteiger partial charge in [0.05, 0.1) is 18.4 Å². The molecule has 98 valence electrons. The Morgan fingerprint density at radius 3 is 2.83 bits per heavy atom. The van der Waals surface area contributed by atoms with Crippen LogP contribution in [0, 0.1) is 17.8 Å². The van der Waals surface area contributed by atoms with Crippen molar-refractivity contribution in [3.8, 4) is 0 Å². The van der Waals surface area contributed by atoms with Gasteiger partial charge in [-0.3, -0.25) is 9.59 Å². The lowest BCUT2D eigenvalue weighted by atomic mass is 9.95. The summed E-state index contributed by atoms with van der Waals surface area (Å²) in [6, 6.07) is 0. The highest BCUT2D eigenvalue weighted by Crippen LogP contribution is 2.36. The molecule has 1 aliphatic carbocycles. The van der Waals surface area contributed by atoms with Crippen LogP contribution in [0.2, 0.25) is 0 Å². The maximum Gasteiger partial charge on any atom is 0.307 e. The van der Waals surface area contributed by atoms with Crippen LogP contribution in [0.5, 0.6) is 0 Å². The number of aromatic nitrogens is 2. The molecule has 1 saturated carbocycles. The summed E-state index contributed by atoms with van der Waals surface area (Å²) in [5, 5.41) is 15.3. The summed E-state index contributed by atoms with van der Waals surface area (Å²) in [7, 11) is 0. The minimum absolute atomic E-state index is 0.159. The summed E-state index contributed by atoms with van der Waals surface area (Å²) in [6.07, 6.45) is 2.34. The van der Waals surface area contributed by atoms with Gasteiger partial charge in [0, 0.05) is 0 Å². The predicted octanol–water partition coefficient (Wildman–Crippen LogP) is 0.433. The summed E-state index contributed by atoms with van der Waals surface area (Å²) in [5.41, 5.74) is 0. The van der Waals surface area contributed by atoms with Crippen molar-refractivity contribution in [2.24, 2.45) is 17.8 Å². The Labute approximate surface area is 104 Å². The molecule has 0 radical (unpaired) electrons. The lowest BCUT2D eigenvalue weighted by Crippen LogP contribution is -2.35. The fourth-order valence-electron chi connectivity index (χ4n) is 2.42. The normalized spacial score (nSPS) is 27.1. The second-order valence-corrected chi connectivity index (χ2v) is 4.69. The number of nitrogens with one attached hydrogen (secondary N) is 1. The molecule has 1 aromatic rings. The lowest BCUT2D eigenvalue weighted by molar-refractivity contribution is -0.146. The third-order valence-corrected chi connectivity index (χ3v) is 3.28. The first-order valence-electron chi connectivity index (χ1n) is 5.83. The van der Waals surface area contributed by atoms with Crippen molar-refractivity contribution in [3.05, 3.63) is 12.2 Å². The molecule has 7 nitrogen and oxygen atoms in total. The van der Waals surface area contributed by atoms with Crippen LogP contribution in [0.3, 0.4) is 0 Å². The largest absolute Gasteiger partial charge is 0.481 e. The first-order chi connectivity index (χ1) is 8.58.